The van der Waals surface area contributed by atoms with E-state index in [0.29, 0.717) is 19.3 Å². The molecule has 0 aliphatic heterocycles. The van der Waals surface area contributed by atoms with Crippen LogP contribution in [0.1, 0.15) is 284 Å². The fourth-order valence-electron chi connectivity index (χ4n) is 8.06. The molecule has 0 saturated carbocycles. The molecule has 0 aliphatic carbocycles. The molecule has 0 aromatic carbocycles. The lowest BCUT2D eigenvalue weighted by Gasteiger charge is -2.18. The van der Waals surface area contributed by atoms with Crippen LogP contribution in [0.2, 0.25) is 0 Å². The number of rotatable bonds is 51. The van der Waals surface area contributed by atoms with E-state index in [1.807, 2.05) is 0 Å². The molecule has 0 aromatic rings. The fraction of sp³-hybridized carbons (Fsp3) is 0.783. The summed E-state index contributed by atoms with van der Waals surface area (Å²) in [6.45, 7) is 6.47. The summed E-state index contributed by atoms with van der Waals surface area (Å²) in [5.41, 5.74) is 0. The molecular weight excluding hydrogens is 817 g/mol. The highest BCUT2D eigenvalue weighted by molar-refractivity contribution is 5.71. The summed E-state index contributed by atoms with van der Waals surface area (Å²) in [5, 5.41) is 0. The zero-order valence-corrected chi connectivity index (χ0v) is 43.7. The van der Waals surface area contributed by atoms with Gasteiger partial charge in [-0.1, -0.05) is 261 Å². The molecule has 0 aromatic heterocycles. The first-order valence-corrected chi connectivity index (χ1v) is 28.3. The van der Waals surface area contributed by atoms with Crippen LogP contribution in [0, 0.1) is 0 Å². The van der Waals surface area contributed by atoms with Crippen molar-refractivity contribution >= 4 is 17.9 Å². The van der Waals surface area contributed by atoms with Crippen LogP contribution in [-0.2, 0) is 28.6 Å². The summed E-state index contributed by atoms with van der Waals surface area (Å²) in [7, 11) is 0. The third-order valence-electron chi connectivity index (χ3n) is 12.3. The van der Waals surface area contributed by atoms with Gasteiger partial charge in [0.05, 0.1) is 0 Å². The molecule has 0 aliphatic rings. The summed E-state index contributed by atoms with van der Waals surface area (Å²) in [5.74, 6) is -0.871. The number of unbranched alkanes of at least 4 members (excludes halogenated alkanes) is 30. The molecule has 6 heteroatoms. The first-order valence-electron chi connectivity index (χ1n) is 28.3. The molecule has 0 radical (unpaired) electrons. The third kappa shape index (κ3) is 52.1. The van der Waals surface area contributed by atoms with Gasteiger partial charge in [-0.3, -0.25) is 14.4 Å². The minimum Gasteiger partial charge on any atom is -0.462 e. The van der Waals surface area contributed by atoms with Crippen LogP contribution in [0.5, 0.6) is 0 Å². The molecule has 0 bridgehead atoms. The Kier molecular flexibility index (Phi) is 52.3. The molecule has 0 fully saturated rings. The first-order chi connectivity index (χ1) is 32.5. The van der Waals surface area contributed by atoms with E-state index in [2.05, 4.69) is 81.5 Å². The summed E-state index contributed by atoms with van der Waals surface area (Å²) in [6.07, 6.45) is 68.3. The molecular formula is C60H106O6. The van der Waals surface area contributed by atoms with Crippen molar-refractivity contribution in [1.29, 1.82) is 0 Å². The second-order valence-electron chi connectivity index (χ2n) is 18.8. The van der Waals surface area contributed by atoms with Crippen LogP contribution >= 0.6 is 0 Å². The molecule has 1 unspecified atom stereocenters. The number of carbonyl (C=O) groups excluding carboxylic acids is 3. The Hall–Kier alpha value is -2.89. The highest BCUT2D eigenvalue weighted by Gasteiger charge is 2.19. The van der Waals surface area contributed by atoms with Crippen LogP contribution in [0.3, 0.4) is 0 Å². The molecule has 382 valence electrons. The monoisotopic (exact) mass is 923 g/mol. The standard InChI is InChI=1S/C60H106O6/c1-4-7-10-13-16-18-20-21-22-23-24-25-26-27-28-29-30-31-32-33-34-35-36-37-38-39-41-42-44-47-50-53-59(62)65-56-57(55-64-58(61)52-49-46-15-12-9-6-3)66-60(63)54-51-48-45-43-40-19-17-14-11-8-5-2/h7,10,16,18,21-22,24-25,27-28,57H,4-6,8-9,11-15,17,19-20,23,26,29-56H2,1-3H3/b10-7-,18-16-,22-21-,25-24-,28-27-. The number of ether oxygens (including phenoxy) is 3. The van der Waals surface area contributed by atoms with E-state index in [0.717, 1.165) is 89.9 Å². The quantitative estimate of drug-likeness (QED) is 0.0262. The van der Waals surface area contributed by atoms with Crippen molar-refractivity contribution in [2.75, 3.05) is 13.2 Å². The van der Waals surface area contributed by atoms with E-state index in [1.165, 1.54) is 154 Å². The number of carbonyl (C=O) groups is 3. The number of hydrogen-bond acceptors (Lipinski definition) is 6. The lowest BCUT2D eigenvalue weighted by atomic mass is 10.0. The van der Waals surface area contributed by atoms with E-state index in [1.54, 1.807) is 0 Å². The minimum absolute atomic E-state index is 0.0699. The van der Waals surface area contributed by atoms with Crippen LogP contribution in [0.15, 0.2) is 60.8 Å². The Bertz CT molecular complexity index is 1200. The largest absolute Gasteiger partial charge is 0.462 e. The van der Waals surface area contributed by atoms with Gasteiger partial charge in [-0.05, 0) is 64.2 Å². The zero-order valence-electron chi connectivity index (χ0n) is 43.7. The zero-order chi connectivity index (χ0) is 47.9. The molecule has 6 nitrogen and oxygen atoms in total. The lowest BCUT2D eigenvalue weighted by Crippen LogP contribution is -2.30. The Labute approximate surface area is 409 Å². The van der Waals surface area contributed by atoms with Gasteiger partial charge >= 0.3 is 17.9 Å². The van der Waals surface area contributed by atoms with Crippen molar-refractivity contribution < 1.29 is 28.6 Å². The second kappa shape index (κ2) is 54.7. The van der Waals surface area contributed by atoms with E-state index >= 15 is 0 Å². The molecule has 0 N–H and O–H groups in total. The third-order valence-corrected chi connectivity index (χ3v) is 12.3. The SMILES string of the molecule is CC/C=C\C/C=C\C/C=C\C/C=C\C/C=C\CCCCCCCCCCCCCCCCCC(=O)OCC(COC(=O)CCCCCCCC)OC(=O)CCCCCCCCCCCCC. The van der Waals surface area contributed by atoms with Crippen molar-refractivity contribution in [3.63, 3.8) is 0 Å². The highest BCUT2D eigenvalue weighted by Crippen LogP contribution is 2.16. The summed E-state index contributed by atoms with van der Waals surface area (Å²) in [6, 6.07) is 0. The average molecular weight is 924 g/mol. The molecule has 0 heterocycles. The number of esters is 3. The van der Waals surface area contributed by atoms with Gasteiger partial charge < -0.3 is 14.2 Å². The predicted octanol–water partition coefficient (Wildman–Crippen LogP) is 18.8. The summed E-state index contributed by atoms with van der Waals surface area (Å²) >= 11 is 0. The van der Waals surface area contributed by atoms with E-state index in [4.69, 9.17) is 14.2 Å². The van der Waals surface area contributed by atoms with Crippen LogP contribution in [-0.4, -0.2) is 37.2 Å². The molecule has 0 spiro atoms. The van der Waals surface area contributed by atoms with E-state index < -0.39 is 6.10 Å². The second-order valence-corrected chi connectivity index (χ2v) is 18.8. The van der Waals surface area contributed by atoms with Crippen molar-refractivity contribution in [1.82, 2.24) is 0 Å². The van der Waals surface area contributed by atoms with Gasteiger partial charge in [0.15, 0.2) is 6.10 Å². The topological polar surface area (TPSA) is 78.9 Å². The Morgan fingerprint density at radius 3 is 0.924 bits per heavy atom. The Morgan fingerprint density at radius 1 is 0.318 bits per heavy atom. The molecule has 0 saturated heterocycles. The Morgan fingerprint density at radius 2 is 0.591 bits per heavy atom. The smallest absolute Gasteiger partial charge is 0.306 e. The van der Waals surface area contributed by atoms with Gasteiger partial charge in [0, 0.05) is 19.3 Å². The predicted molar refractivity (Wildman–Crippen MR) is 284 cm³/mol. The van der Waals surface area contributed by atoms with Gasteiger partial charge in [0.1, 0.15) is 13.2 Å². The maximum absolute atomic E-state index is 12.7. The van der Waals surface area contributed by atoms with Gasteiger partial charge in [0.2, 0.25) is 0 Å². The van der Waals surface area contributed by atoms with E-state index in [-0.39, 0.29) is 31.1 Å². The van der Waals surface area contributed by atoms with E-state index in [9.17, 15) is 14.4 Å². The van der Waals surface area contributed by atoms with Crippen LogP contribution in [0.25, 0.3) is 0 Å². The molecule has 0 rings (SSSR count). The normalized spacial score (nSPS) is 12.5. The minimum atomic E-state index is -0.765. The fourth-order valence-corrected chi connectivity index (χ4v) is 8.06. The maximum Gasteiger partial charge on any atom is 0.306 e. The lowest BCUT2D eigenvalue weighted by molar-refractivity contribution is -0.167. The van der Waals surface area contributed by atoms with Gasteiger partial charge in [0.25, 0.3) is 0 Å². The maximum atomic E-state index is 12.7. The molecule has 1 atom stereocenters. The first kappa shape index (κ1) is 63.1. The summed E-state index contributed by atoms with van der Waals surface area (Å²) < 4.78 is 16.7. The van der Waals surface area contributed by atoms with Gasteiger partial charge in [-0.15, -0.1) is 0 Å². The van der Waals surface area contributed by atoms with Crippen molar-refractivity contribution in [3.8, 4) is 0 Å². The van der Waals surface area contributed by atoms with Crippen molar-refractivity contribution in [2.24, 2.45) is 0 Å². The average Bonchev–Trinajstić information content (AvgIpc) is 3.31. The Balaban J connectivity index is 3.96. The van der Waals surface area contributed by atoms with Crippen LogP contribution < -0.4 is 0 Å². The summed E-state index contributed by atoms with van der Waals surface area (Å²) in [4.78, 5) is 37.7. The van der Waals surface area contributed by atoms with Gasteiger partial charge in [-0.2, -0.15) is 0 Å². The molecule has 66 heavy (non-hydrogen) atoms. The number of allylic oxidation sites excluding steroid dienone is 10. The van der Waals surface area contributed by atoms with Gasteiger partial charge in [-0.25, -0.2) is 0 Å². The van der Waals surface area contributed by atoms with Crippen molar-refractivity contribution in [3.05, 3.63) is 60.8 Å². The number of hydrogen-bond donors (Lipinski definition) is 0. The highest BCUT2D eigenvalue weighted by atomic mass is 16.6. The molecule has 0 amide bonds. The van der Waals surface area contributed by atoms with Crippen molar-refractivity contribution in [2.45, 2.75) is 290 Å². The van der Waals surface area contributed by atoms with Crippen LogP contribution in [0.4, 0.5) is 0 Å².